The summed E-state index contributed by atoms with van der Waals surface area (Å²) in [4.78, 5) is 50.5. The number of methoxy groups -OCH3 is 1. The molecule has 0 saturated carbocycles. The monoisotopic (exact) mass is 718 g/mol. The van der Waals surface area contributed by atoms with Gasteiger partial charge in [0.15, 0.2) is 11.9 Å². The van der Waals surface area contributed by atoms with Crippen molar-refractivity contribution in [3.05, 3.63) is 101 Å². The lowest BCUT2D eigenvalue weighted by atomic mass is 9.95. The molecule has 6 rings (SSSR count). The van der Waals surface area contributed by atoms with Gasteiger partial charge >= 0.3 is 13.6 Å². The Morgan fingerprint density at radius 1 is 1.00 bits per heavy atom. The molecule has 1 aromatic heterocycles. The average Bonchev–Trinajstić information content (AvgIpc) is 3.45. The molecule has 268 valence electrons. The summed E-state index contributed by atoms with van der Waals surface area (Å²) in [5.74, 6) is -0.847. The van der Waals surface area contributed by atoms with Crippen molar-refractivity contribution in [1.82, 2.24) is 19.7 Å². The van der Waals surface area contributed by atoms with Gasteiger partial charge in [-0.25, -0.2) is 13.8 Å². The highest BCUT2D eigenvalue weighted by Gasteiger charge is 2.39. The van der Waals surface area contributed by atoms with Crippen molar-refractivity contribution in [3.8, 4) is 11.5 Å². The summed E-state index contributed by atoms with van der Waals surface area (Å²) in [7, 11) is -2.33. The van der Waals surface area contributed by atoms with E-state index in [2.05, 4.69) is 9.88 Å². The minimum atomic E-state index is -3.81. The van der Waals surface area contributed by atoms with Crippen molar-refractivity contribution in [2.24, 2.45) is 0 Å². The molecule has 0 radical (unpaired) electrons. The Labute approximate surface area is 295 Å². The zero-order valence-electron chi connectivity index (χ0n) is 28.7. The lowest BCUT2D eigenvalue weighted by molar-refractivity contribution is -0.150. The summed E-state index contributed by atoms with van der Waals surface area (Å²) in [5, 5.41) is 0.587. The maximum absolute atomic E-state index is 14.4. The molecule has 3 aromatic carbocycles. The molecule has 1 fully saturated rings. The van der Waals surface area contributed by atoms with Gasteiger partial charge in [0.1, 0.15) is 17.1 Å². The van der Waals surface area contributed by atoms with Gasteiger partial charge in [-0.1, -0.05) is 36.4 Å². The van der Waals surface area contributed by atoms with Crippen LogP contribution in [-0.4, -0.2) is 96.2 Å². The molecule has 0 bridgehead atoms. The third-order valence-corrected chi connectivity index (χ3v) is 10.8. The first-order chi connectivity index (χ1) is 24.6. The maximum atomic E-state index is 14.4. The number of nitrogens with zero attached hydrogens (tertiary/aromatic N) is 4. The van der Waals surface area contributed by atoms with E-state index in [1.165, 1.54) is 26.2 Å². The first kappa shape index (κ1) is 36.0. The van der Waals surface area contributed by atoms with Gasteiger partial charge in [-0.15, -0.1) is 0 Å². The smallest absolute Gasteiger partial charge is 0.381 e. The molecule has 2 amide bonds. The van der Waals surface area contributed by atoms with Crippen molar-refractivity contribution in [2.45, 2.75) is 33.0 Å². The number of carbonyl (C=O) groups is 3. The second-order valence-electron chi connectivity index (χ2n) is 12.3. The normalized spacial score (nSPS) is 16.4. The minimum absolute atomic E-state index is 0.00782. The summed E-state index contributed by atoms with van der Waals surface area (Å²) in [5.41, 5.74) is 2.45. The fourth-order valence-corrected chi connectivity index (χ4v) is 8.20. The Hall–Kier alpha value is -4.84. The molecule has 0 N–H and O–H groups in total. The summed E-state index contributed by atoms with van der Waals surface area (Å²) in [6, 6.07) is 18.2. The van der Waals surface area contributed by atoms with Crippen LogP contribution < -0.4 is 9.26 Å². The number of aromatic nitrogens is 1. The van der Waals surface area contributed by atoms with Crippen molar-refractivity contribution in [1.29, 1.82) is 0 Å². The van der Waals surface area contributed by atoms with Crippen LogP contribution in [0.25, 0.3) is 10.9 Å². The van der Waals surface area contributed by atoms with Crippen LogP contribution in [0.3, 0.4) is 0 Å². The van der Waals surface area contributed by atoms with Gasteiger partial charge in [-0.2, -0.15) is 0 Å². The van der Waals surface area contributed by atoms with Gasteiger partial charge in [-0.05, 0) is 49.7 Å². The minimum Gasteiger partial charge on any atom is -0.494 e. The van der Waals surface area contributed by atoms with Crippen LogP contribution in [-0.2, 0) is 31.7 Å². The third-order valence-electron chi connectivity index (χ3n) is 8.95. The molecule has 12 nitrogen and oxygen atoms in total. The number of pyridine rings is 1. The number of carbonyl (C=O) groups excluding carboxylic acids is 3. The van der Waals surface area contributed by atoms with Crippen LogP contribution >= 0.6 is 7.60 Å². The second kappa shape index (κ2) is 15.6. The zero-order chi connectivity index (χ0) is 36.1. The topological polar surface area (TPSA) is 128 Å². The highest BCUT2D eigenvalue weighted by atomic mass is 31.2. The lowest BCUT2D eigenvalue weighted by Gasteiger charge is -2.35. The Kier molecular flexibility index (Phi) is 11.0. The van der Waals surface area contributed by atoms with E-state index in [0.29, 0.717) is 71.8 Å². The number of esters is 1. The Bertz CT molecular complexity index is 1950. The number of benzene rings is 3. The SMILES string of the molecule is CCOC(=O)[C@H](C)OP(=O)(CCN1CCN(C(=O)c2c3c(c(OC)c4ncccc24)C(=O)N(Cc2ccc(F)cc2)C3)CC1)Oc1ccccc1. The first-order valence-corrected chi connectivity index (χ1v) is 18.5. The molecule has 4 aromatic rings. The average molecular weight is 719 g/mol. The summed E-state index contributed by atoms with van der Waals surface area (Å²) in [6.45, 7) is 5.77. The van der Waals surface area contributed by atoms with Crippen LogP contribution in [0.15, 0.2) is 72.9 Å². The van der Waals surface area contributed by atoms with Crippen LogP contribution in [0, 0.1) is 5.82 Å². The van der Waals surface area contributed by atoms with E-state index in [4.69, 9.17) is 18.5 Å². The molecule has 3 heterocycles. The standard InChI is InChI=1S/C37H40FN4O8P/c1-4-48-37(45)25(2)49-51(46,50-28-9-6-5-7-10-28)22-21-40-17-19-41(20-18-40)35(43)31-29-11-8-16-39-33(29)34(47-3)32-30(31)24-42(36(32)44)23-26-12-14-27(38)15-13-26/h5-16,25H,4,17-24H2,1-3H3/t25-,51?/m0/s1. The van der Waals surface area contributed by atoms with Crippen LogP contribution in [0.2, 0.25) is 0 Å². The number of para-hydroxylation sites is 1. The maximum Gasteiger partial charge on any atom is 0.381 e. The van der Waals surface area contributed by atoms with E-state index in [1.807, 2.05) is 12.1 Å². The van der Waals surface area contributed by atoms with E-state index in [0.717, 1.165) is 5.56 Å². The van der Waals surface area contributed by atoms with Gasteiger partial charge < -0.3 is 23.8 Å². The quantitative estimate of drug-likeness (QED) is 0.129. The molecule has 0 aliphatic carbocycles. The molecule has 14 heteroatoms. The Balaban J connectivity index is 1.18. The van der Waals surface area contributed by atoms with Crippen LogP contribution in [0.5, 0.6) is 11.5 Å². The molecule has 51 heavy (non-hydrogen) atoms. The third kappa shape index (κ3) is 7.90. The van der Waals surface area contributed by atoms with Gasteiger partial charge in [0.05, 0.1) is 31.0 Å². The number of fused-ring (bicyclic) bond motifs is 2. The van der Waals surface area contributed by atoms with Gasteiger partial charge in [0.25, 0.3) is 11.8 Å². The number of hydrogen-bond acceptors (Lipinski definition) is 10. The summed E-state index contributed by atoms with van der Waals surface area (Å²) < 4.78 is 49.9. The number of hydrogen-bond donors (Lipinski definition) is 0. The highest BCUT2D eigenvalue weighted by Crippen LogP contribution is 2.49. The van der Waals surface area contributed by atoms with E-state index in [-0.39, 0.29) is 43.5 Å². The lowest BCUT2D eigenvalue weighted by Crippen LogP contribution is -2.49. The molecule has 0 spiro atoms. The number of halogens is 1. The predicted molar refractivity (Wildman–Crippen MR) is 187 cm³/mol. The van der Waals surface area contributed by atoms with Gasteiger partial charge in [-0.3, -0.25) is 24.0 Å². The Morgan fingerprint density at radius 3 is 2.41 bits per heavy atom. The second-order valence-corrected chi connectivity index (χ2v) is 14.4. The van der Waals surface area contributed by atoms with Gasteiger partial charge in [0.2, 0.25) is 0 Å². The Morgan fingerprint density at radius 2 is 1.73 bits per heavy atom. The van der Waals surface area contributed by atoms with Crippen LogP contribution in [0.1, 0.15) is 45.7 Å². The van der Waals surface area contributed by atoms with Crippen molar-refractivity contribution < 1.29 is 41.9 Å². The molecule has 1 saturated heterocycles. The van der Waals surface area contributed by atoms with E-state index in [1.54, 1.807) is 65.4 Å². The van der Waals surface area contributed by atoms with Crippen molar-refractivity contribution in [2.75, 3.05) is 52.6 Å². The fourth-order valence-electron chi connectivity index (χ4n) is 6.42. The molecular formula is C37H40FN4O8P. The fraction of sp³-hybridized carbons (Fsp3) is 0.351. The van der Waals surface area contributed by atoms with Crippen molar-refractivity contribution in [3.63, 3.8) is 0 Å². The van der Waals surface area contributed by atoms with E-state index < -0.39 is 19.7 Å². The summed E-state index contributed by atoms with van der Waals surface area (Å²) >= 11 is 0. The number of ether oxygens (including phenoxy) is 2. The largest absolute Gasteiger partial charge is 0.494 e. The molecular weight excluding hydrogens is 678 g/mol. The van der Waals surface area contributed by atoms with Crippen molar-refractivity contribution >= 4 is 36.3 Å². The molecule has 2 atom stereocenters. The predicted octanol–water partition coefficient (Wildman–Crippen LogP) is 5.54. The van der Waals surface area contributed by atoms with E-state index >= 15 is 0 Å². The van der Waals surface area contributed by atoms with Gasteiger partial charge in [0, 0.05) is 63.0 Å². The van der Waals surface area contributed by atoms with E-state index in [9.17, 15) is 23.3 Å². The molecule has 2 aliphatic rings. The number of rotatable bonds is 13. The van der Waals surface area contributed by atoms with Crippen LogP contribution in [0.4, 0.5) is 4.39 Å². The number of amides is 2. The summed E-state index contributed by atoms with van der Waals surface area (Å²) in [6.07, 6.45) is 0.508. The zero-order valence-corrected chi connectivity index (χ0v) is 29.6. The highest BCUT2D eigenvalue weighted by molar-refractivity contribution is 7.54. The number of piperazine rings is 1. The molecule has 2 aliphatic heterocycles. The first-order valence-electron chi connectivity index (χ1n) is 16.8. The molecule has 1 unspecified atom stereocenters.